The fourth-order valence-electron chi connectivity index (χ4n) is 5.06. The minimum Gasteiger partial charge on any atom is -0.398 e. The smallest absolute Gasteiger partial charge is 0.191 e. The van der Waals surface area contributed by atoms with Crippen molar-refractivity contribution in [2.45, 2.75) is 60.3 Å². The number of aryl methyl sites for hydroxylation is 2. The van der Waals surface area contributed by atoms with E-state index in [1.54, 1.807) is 0 Å². The molecule has 0 spiro atoms. The van der Waals surface area contributed by atoms with Gasteiger partial charge in [0, 0.05) is 46.8 Å². The number of hydrogen-bond acceptors (Lipinski definition) is 4. The molecule has 4 heteroatoms. The summed E-state index contributed by atoms with van der Waals surface area (Å²) in [5.41, 5.74) is 23.0. The van der Waals surface area contributed by atoms with Crippen LogP contribution in [-0.2, 0) is 30.5 Å². The molecule has 0 aromatic heterocycles. The van der Waals surface area contributed by atoms with Crippen LogP contribution in [0, 0.1) is 0 Å². The van der Waals surface area contributed by atoms with Gasteiger partial charge in [-0.05, 0) is 54.5 Å². The van der Waals surface area contributed by atoms with Gasteiger partial charge in [-0.1, -0.05) is 71.0 Å². The van der Waals surface area contributed by atoms with Crippen molar-refractivity contribution in [3.05, 3.63) is 80.9 Å². The molecule has 176 valence electrons. The molecule has 33 heavy (non-hydrogen) atoms. The third-order valence-electron chi connectivity index (χ3n) is 7.00. The zero-order valence-electron chi connectivity index (χ0n) is 20.9. The maximum Gasteiger partial charge on any atom is 0.191 e. The van der Waals surface area contributed by atoms with E-state index in [-0.39, 0.29) is 5.78 Å². The largest absolute Gasteiger partial charge is 0.398 e. The first kappa shape index (κ1) is 24.8. The van der Waals surface area contributed by atoms with Crippen LogP contribution in [0.2, 0.25) is 0 Å². The maximum atomic E-state index is 13.8. The molecule has 3 rings (SSSR count). The maximum absolute atomic E-state index is 13.8. The first-order valence-corrected chi connectivity index (χ1v) is 12.4. The van der Waals surface area contributed by atoms with Crippen LogP contribution in [0.1, 0.15) is 68.0 Å². The first-order chi connectivity index (χ1) is 15.9. The summed E-state index contributed by atoms with van der Waals surface area (Å²) in [4.78, 5) is 16.1. The lowest BCUT2D eigenvalue weighted by atomic mass is 9.87. The van der Waals surface area contributed by atoms with E-state index in [9.17, 15) is 4.79 Å². The number of nitrogens with two attached hydrogens (primary N) is 2. The number of benzene rings is 2. The van der Waals surface area contributed by atoms with Crippen LogP contribution in [-0.4, -0.2) is 30.3 Å². The topological polar surface area (TPSA) is 72.3 Å². The van der Waals surface area contributed by atoms with Crippen molar-refractivity contribution in [2.24, 2.45) is 11.5 Å². The van der Waals surface area contributed by atoms with Crippen LogP contribution >= 0.6 is 0 Å². The lowest BCUT2D eigenvalue weighted by Gasteiger charge is -2.31. The number of hydrogen-bond donors (Lipinski definition) is 2. The summed E-state index contributed by atoms with van der Waals surface area (Å²) >= 11 is 0. The van der Waals surface area contributed by atoms with Crippen LogP contribution in [0.4, 0.5) is 0 Å². The fourth-order valence-corrected chi connectivity index (χ4v) is 5.06. The molecular weight excluding hydrogens is 406 g/mol. The molecule has 1 saturated heterocycles. The lowest BCUT2D eigenvalue weighted by molar-refractivity contribution is -0.113. The second-order valence-electron chi connectivity index (χ2n) is 8.72. The molecule has 0 unspecified atom stereocenters. The monoisotopic (exact) mass is 445 g/mol. The van der Waals surface area contributed by atoms with Crippen molar-refractivity contribution in [1.82, 2.24) is 4.90 Å². The summed E-state index contributed by atoms with van der Waals surface area (Å²) in [5, 5.41) is 0. The number of Topliss-reactive ketones (excluding diaryl/α,β-unsaturated/α-hetero) is 1. The summed E-state index contributed by atoms with van der Waals surface area (Å²) in [6, 6.07) is 12.5. The Kier molecular flexibility index (Phi) is 8.15. The highest BCUT2D eigenvalue weighted by Gasteiger charge is 2.31. The average Bonchev–Trinajstić information content (AvgIpc) is 2.86. The van der Waals surface area contributed by atoms with Crippen molar-refractivity contribution in [2.75, 3.05) is 19.6 Å². The van der Waals surface area contributed by atoms with Crippen molar-refractivity contribution >= 4 is 17.2 Å². The van der Waals surface area contributed by atoms with Gasteiger partial charge >= 0.3 is 0 Å². The van der Waals surface area contributed by atoms with Crippen molar-refractivity contribution in [3.63, 3.8) is 0 Å². The van der Waals surface area contributed by atoms with E-state index in [0.717, 1.165) is 43.4 Å². The van der Waals surface area contributed by atoms with Gasteiger partial charge < -0.3 is 11.5 Å². The standard InChI is InChI=1S/C29H39N3O/c1-6-19-13-11-15-23(21(19)8-3)27(30)25-17-32(10-5)18-26(29(25)33)28(31)24-16-12-14-20(7-2)22(24)9-4/h11-16H,6-10,17-18,30-31H2,1-5H3. The second-order valence-corrected chi connectivity index (χ2v) is 8.72. The number of likely N-dealkylation sites (N-methyl/N-ethyl adjacent to an activating group) is 1. The Morgan fingerprint density at radius 3 is 1.48 bits per heavy atom. The molecule has 4 N–H and O–H groups in total. The second kappa shape index (κ2) is 10.8. The fraction of sp³-hybridized carbons (Fsp3) is 0.414. The summed E-state index contributed by atoms with van der Waals surface area (Å²) < 4.78 is 0. The van der Waals surface area contributed by atoms with Gasteiger partial charge in [-0.3, -0.25) is 9.69 Å². The molecule has 1 fully saturated rings. The molecule has 0 radical (unpaired) electrons. The van der Waals surface area contributed by atoms with Crippen LogP contribution < -0.4 is 11.5 Å². The van der Waals surface area contributed by atoms with E-state index < -0.39 is 0 Å². The highest BCUT2D eigenvalue weighted by atomic mass is 16.1. The van der Waals surface area contributed by atoms with Gasteiger partial charge in [0.05, 0.1) is 0 Å². The minimum absolute atomic E-state index is 0.0115. The van der Waals surface area contributed by atoms with Gasteiger partial charge in [0.1, 0.15) is 0 Å². The number of carbonyl (C=O) groups is 1. The summed E-state index contributed by atoms with van der Waals surface area (Å²) in [6.07, 6.45) is 3.65. The van der Waals surface area contributed by atoms with E-state index in [2.05, 4.69) is 51.7 Å². The van der Waals surface area contributed by atoms with Gasteiger partial charge in [0.25, 0.3) is 0 Å². The van der Waals surface area contributed by atoms with Crippen molar-refractivity contribution in [3.8, 4) is 0 Å². The predicted octanol–water partition coefficient (Wildman–Crippen LogP) is 4.88. The van der Waals surface area contributed by atoms with Gasteiger partial charge in [-0.25, -0.2) is 0 Å². The predicted molar refractivity (Wildman–Crippen MR) is 140 cm³/mol. The Balaban J connectivity index is 2.20. The van der Waals surface area contributed by atoms with Crippen molar-refractivity contribution in [1.29, 1.82) is 0 Å². The molecule has 0 aliphatic carbocycles. The summed E-state index contributed by atoms with van der Waals surface area (Å²) in [5.74, 6) is -0.0115. The van der Waals surface area contributed by atoms with Crippen molar-refractivity contribution < 1.29 is 4.79 Å². The SMILES string of the molecule is CCc1cccc(C(N)=C2CN(CC)CC(=C(N)c3cccc(CC)c3CC)C2=O)c1CC. The minimum atomic E-state index is -0.0115. The third kappa shape index (κ3) is 4.77. The number of ketones is 1. The van der Waals surface area contributed by atoms with Crippen LogP contribution in [0.3, 0.4) is 0 Å². The van der Waals surface area contributed by atoms with E-state index in [4.69, 9.17) is 11.5 Å². The average molecular weight is 446 g/mol. The Bertz CT molecular complexity index is 1010. The third-order valence-corrected chi connectivity index (χ3v) is 7.00. The first-order valence-electron chi connectivity index (χ1n) is 12.4. The van der Waals surface area contributed by atoms with E-state index in [0.29, 0.717) is 35.6 Å². The molecule has 0 amide bonds. The molecule has 0 saturated carbocycles. The lowest BCUT2D eigenvalue weighted by Crippen LogP contribution is -2.40. The van der Waals surface area contributed by atoms with E-state index >= 15 is 0 Å². The molecule has 2 aromatic carbocycles. The Morgan fingerprint density at radius 1 is 0.727 bits per heavy atom. The van der Waals surface area contributed by atoms with Crippen LogP contribution in [0.25, 0.3) is 11.4 Å². The van der Waals surface area contributed by atoms with Crippen LogP contribution in [0.15, 0.2) is 47.5 Å². The Hall–Kier alpha value is -2.85. The zero-order valence-corrected chi connectivity index (χ0v) is 20.9. The van der Waals surface area contributed by atoms with Crippen LogP contribution in [0.5, 0.6) is 0 Å². The van der Waals surface area contributed by atoms with Gasteiger partial charge in [0.15, 0.2) is 5.78 Å². The summed E-state index contributed by atoms with van der Waals surface area (Å²) in [6.45, 7) is 12.6. The zero-order chi connectivity index (χ0) is 24.1. The van der Waals surface area contributed by atoms with Gasteiger partial charge in [0.2, 0.25) is 0 Å². The quantitative estimate of drug-likeness (QED) is 0.596. The molecule has 2 aromatic rings. The molecule has 1 aliphatic rings. The number of piperidine rings is 1. The normalized spacial score (nSPS) is 17.9. The Morgan fingerprint density at radius 2 is 1.15 bits per heavy atom. The highest BCUT2D eigenvalue weighted by molar-refractivity contribution is 6.17. The number of rotatable bonds is 7. The van der Waals surface area contributed by atoms with E-state index in [1.807, 2.05) is 24.3 Å². The molecule has 0 bridgehead atoms. The molecule has 4 nitrogen and oxygen atoms in total. The molecular formula is C29H39N3O. The molecule has 1 heterocycles. The number of nitrogens with zero attached hydrogens (tertiary/aromatic N) is 1. The molecule has 0 atom stereocenters. The van der Waals surface area contributed by atoms with E-state index in [1.165, 1.54) is 22.3 Å². The highest BCUT2D eigenvalue weighted by Crippen LogP contribution is 2.31. The van der Waals surface area contributed by atoms with Gasteiger partial charge in [-0.15, -0.1) is 0 Å². The number of carbonyl (C=O) groups excluding carboxylic acids is 1. The number of likely N-dealkylation sites (tertiary alicyclic amines) is 1. The van der Waals surface area contributed by atoms with Gasteiger partial charge in [-0.2, -0.15) is 0 Å². The summed E-state index contributed by atoms with van der Waals surface area (Å²) in [7, 11) is 0. The Labute approximate surface area is 199 Å². The molecule has 1 aliphatic heterocycles.